The first-order valence-corrected chi connectivity index (χ1v) is 11.3. The van der Waals surface area contributed by atoms with Crippen LogP contribution in [-0.4, -0.2) is 5.91 Å². The maximum atomic E-state index is 12.7. The molecule has 0 fully saturated rings. The highest BCUT2D eigenvalue weighted by Crippen LogP contribution is 2.26. The van der Waals surface area contributed by atoms with Crippen LogP contribution in [0.5, 0.6) is 0 Å². The molecule has 1 aliphatic carbocycles. The van der Waals surface area contributed by atoms with Crippen LogP contribution in [0.25, 0.3) is 0 Å². The van der Waals surface area contributed by atoms with Crippen molar-refractivity contribution in [3.8, 4) is 0 Å². The van der Waals surface area contributed by atoms with Crippen molar-refractivity contribution >= 4 is 29.3 Å². The zero-order valence-corrected chi connectivity index (χ0v) is 18.0. The van der Waals surface area contributed by atoms with Crippen LogP contribution in [0.15, 0.2) is 71.6 Å². The third-order valence-corrected chi connectivity index (χ3v) is 6.74. The molecule has 4 rings (SSSR count). The van der Waals surface area contributed by atoms with E-state index in [2.05, 4.69) is 23.5 Å². The van der Waals surface area contributed by atoms with Crippen LogP contribution in [0.3, 0.4) is 0 Å². The highest BCUT2D eigenvalue weighted by molar-refractivity contribution is 7.98. The lowest BCUT2D eigenvalue weighted by Crippen LogP contribution is -2.26. The van der Waals surface area contributed by atoms with E-state index in [0.717, 1.165) is 17.2 Å². The van der Waals surface area contributed by atoms with Crippen molar-refractivity contribution in [3.05, 3.63) is 99.6 Å². The summed E-state index contributed by atoms with van der Waals surface area (Å²) in [5, 5.41) is 3.88. The lowest BCUT2D eigenvalue weighted by molar-refractivity contribution is 0.0940. The van der Waals surface area contributed by atoms with E-state index < -0.39 is 0 Å². The Bertz CT molecular complexity index is 998. The molecule has 0 aromatic heterocycles. The first-order valence-electron chi connectivity index (χ1n) is 9.98. The smallest absolute Gasteiger partial charge is 0.251 e. The van der Waals surface area contributed by atoms with Crippen molar-refractivity contribution in [1.82, 2.24) is 5.32 Å². The number of hydrogen-bond acceptors (Lipinski definition) is 2. The van der Waals surface area contributed by atoms with Crippen LogP contribution in [0.2, 0.25) is 5.02 Å². The fraction of sp³-hybridized carbons (Fsp3) is 0.240. The molecule has 3 aromatic rings. The van der Waals surface area contributed by atoms with Gasteiger partial charge in [0.1, 0.15) is 0 Å². The summed E-state index contributed by atoms with van der Waals surface area (Å²) in [7, 11) is 0. The highest BCUT2D eigenvalue weighted by Gasteiger charge is 2.15. The van der Waals surface area contributed by atoms with E-state index >= 15 is 0 Å². The van der Waals surface area contributed by atoms with Crippen LogP contribution in [-0.2, 0) is 18.6 Å². The van der Waals surface area contributed by atoms with Crippen LogP contribution in [0.4, 0.5) is 0 Å². The predicted octanol–water partition coefficient (Wildman–Crippen LogP) is 6.61. The van der Waals surface area contributed by atoms with Crippen LogP contribution in [0, 0.1) is 0 Å². The van der Waals surface area contributed by atoms with Gasteiger partial charge < -0.3 is 5.32 Å². The summed E-state index contributed by atoms with van der Waals surface area (Å²) >= 11 is 7.68. The Labute approximate surface area is 181 Å². The Kier molecular flexibility index (Phi) is 6.27. The predicted molar refractivity (Wildman–Crippen MR) is 122 cm³/mol. The van der Waals surface area contributed by atoms with Crippen molar-refractivity contribution in [2.45, 2.75) is 42.9 Å². The maximum Gasteiger partial charge on any atom is 0.251 e. The number of fused-ring (bicyclic) bond motifs is 1. The molecule has 4 heteroatoms. The van der Waals surface area contributed by atoms with Gasteiger partial charge in [-0.2, -0.15) is 0 Å². The van der Waals surface area contributed by atoms with Gasteiger partial charge in [0.05, 0.1) is 6.04 Å². The number of thioether (sulfide) groups is 1. The number of benzene rings is 3. The van der Waals surface area contributed by atoms with E-state index in [-0.39, 0.29) is 11.9 Å². The van der Waals surface area contributed by atoms with Gasteiger partial charge in [-0.25, -0.2) is 0 Å². The molecule has 0 spiro atoms. The number of amides is 1. The molecular formula is C25H24ClNOS. The largest absolute Gasteiger partial charge is 0.346 e. The molecule has 1 atom stereocenters. The Morgan fingerprint density at radius 1 is 1.00 bits per heavy atom. The van der Waals surface area contributed by atoms with E-state index in [1.165, 1.54) is 40.0 Å². The van der Waals surface area contributed by atoms with E-state index in [1.807, 2.05) is 55.5 Å². The first-order chi connectivity index (χ1) is 14.1. The summed E-state index contributed by atoms with van der Waals surface area (Å²) in [6, 6.07) is 22.3. The lowest BCUT2D eigenvalue weighted by atomic mass is 10.0. The second kappa shape index (κ2) is 9.06. The summed E-state index contributed by atoms with van der Waals surface area (Å²) in [5.41, 5.74) is 5.95. The standard InChI is InChI=1S/C25H24ClNOS/c1-17(21-10-9-19-3-2-4-22(19)15-21)27-25(28)20-7-5-18(6-8-20)16-29-24-13-11-23(26)12-14-24/h5-15,17H,2-4,16H2,1H3,(H,27,28). The molecule has 0 saturated carbocycles. The summed E-state index contributed by atoms with van der Waals surface area (Å²) < 4.78 is 0. The number of rotatable bonds is 6. The molecule has 2 nitrogen and oxygen atoms in total. The fourth-order valence-corrected chi connectivity index (χ4v) is 4.65. The van der Waals surface area contributed by atoms with Crippen molar-refractivity contribution in [3.63, 3.8) is 0 Å². The molecule has 1 aliphatic rings. The molecule has 1 unspecified atom stereocenters. The number of nitrogens with one attached hydrogen (secondary N) is 1. The SMILES string of the molecule is CC(NC(=O)c1ccc(CSc2ccc(Cl)cc2)cc1)c1ccc2c(c1)CCC2. The number of aryl methyl sites for hydroxylation is 2. The molecular weight excluding hydrogens is 398 g/mol. The number of carbonyl (C=O) groups is 1. The van der Waals surface area contributed by atoms with E-state index in [0.29, 0.717) is 5.56 Å². The molecule has 0 aliphatic heterocycles. The molecule has 3 aromatic carbocycles. The number of halogens is 1. The normalized spacial score (nSPS) is 13.7. The summed E-state index contributed by atoms with van der Waals surface area (Å²) in [4.78, 5) is 13.8. The summed E-state index contributed by atoms with van der Waals surface area (Å²) in [5.74, 6) is 0.824. The molecule has 1 amide bonds. The molecule has 0 heterocycles. The summed E-state index contributed by atoms with van der Waals surface area (Å²) in [6.07, 6.45) is 3.57. The van der Waals surface area contributed by atoms with Crippen molar-refractivity contribution in [1.29, 1.82) is 0 Å². The van der Waals surface area contributed by atoms with Crippen molar-refractivity contribution < 1.29 is 4.79 Å². The Balaban J connectivity index is 1.34. The second-order valence-corrected chi connectivity index (χ2v) is 9.00. The van der Waals surface area contributed by atoms with Crippen molar-refractivity contribution in [2.24, 2.45) is 0 Å². The number of hydrogen-bond donors (Lipinski definition) is 1. The highest BCUT2D eigenvalue weighted by atomic mass is 35.5. The molecule has 0 radical (unpaired) electrons. The van der Waals surface area contributed by atoms with Gasteiger partial charge in [-0.3, -0.25) is 4.79 Å². The van der Waals surface area contributed by atoms with Gasteiger partial charge in [-0.05, 0) is 84.8 Å². The fourth-order valence-electron chi connectivity index (χ4n) is 3.67. The van der Waals surface area contributed by atoms with Gasteiger partial charge in [0, 0.05) is 21.2 Å². The van der Waals surface area contributed by atoms with E-state index in [9.17, 15) is 4.79 Å². The third-order valence-electron chi connectivity index (χ3n) is 5.41. The van der Waals surface area contributed by atoms with Crippen molar-refractivity contribution in [2.75, 3.05) is 0 Å². The molecule has 29 heavy (non-hydrogen) atoms. The second-order valence-electron chi connectivity index (χ2n) is 7.52. The van der Waals surface area contributed by atoms with Gasteiger partial charge in [0.2, 0.25) is 0 Å². The first kappa shape index (κ1) is 20.1. The van der Waals surface area contributed by atoms with Gasteiger partial charge in [-0.1, -0.05) is 41.9 Å². The minimum absolute atomic E-state index is 0.00598. The van der Waals surface area contributed by atoms with Crippen LogP contribution < -0.4 is 5.32 Å². The van der Waals surface area contributed by atoms with Gasteiger partial charge in [-0.15, -0.1) is 11.8 Å². The average Bonchev–Trinajstić information content (AvgIpc) is 3.21. The minimum Gasteiger partial charge on any atom is -0.346 e. The van der Waals surface area contributed by atoms with E-state index in [4.69, 9.17) is 11.6 Å². The Hall–Kier alpha value is -2.23. The van der Waals surface area contributed by atoms with Gasteiger partial charge in [0.15, 0.2) is 0 Å². The average molecular weight is 422 g/mol. The Morgan fingerprint density at radius 3 is 2.48 bits per heavy atom. The zero-order chi connectivity index (χ0) is 20.2. The third kappa shape index (κ3) is 5.04. The van der Waals surface area contributed by atoms with Crippen LogP contribution >= 0.6 is 23.4 Å². The molecule has 0 saturated heterocycles. The minimum atomic E-state index is -0.0325. The lowest BCUT2D eigenvalue weighted by Gasteiger charge is -2.16. The van der Waals surface area contributed by atoms with Gasteiger partial charge in [0.25, 0.3) is 5.91 Å². The van der Waals surface area contributed by atoms with E-state index in [1.54, 1.807) is 11.8 Å². The molecule has 1 N–H and O–H groups in total. The topological polar surface area (TPSA) is 29.1 Å². The Morgan fingerprint density at radius 2 is 1.72 bits per heavy atom. The summed E-state index contributed by atoms with van der Waals surface area (Å²) in [6.45, 7) is 2.05. The maximum absolute atomic E-state index is 12.7. The van der Waals surface area contributed by atoms with Gasteiger partial charge >= 0.3 is 0 Å². The monoisotopic (exact) mass is 421 g/mol. The molecule has 0 bridgehead atoms. The van der Waals surface area contributed by atoms with Crippen LogP contribution in [0.1, 0.15) is 52.0 Å². The quantitative estimate of drug-likeness (QED) is 0.453. The zero-order valence-electron chi connectivity index (χ0n) is 16.5. The molecule has 148 valence electrons. The number of carbonyl (C=O) groups excluding carboxylic acids is 1.